The van der Waals surface area contributed by atoms with E-state index in [2.05, 4.69) is 33.3 Å². The number of hydrogen-bond donors (Lipinski definition) is 1. The Kier molecular flexibility index (Phi) is 8.40. The number of nitrogens with zero attached hydrogens (tertiary/aromatic N) is 4. The van der Waals surface area contributed by atoms with Gasteiger partial charge in [0.25, 0.3) is 11.8 Å². The first kappa shape index (κ1) is 28.7. The highest BCUT2D eigenvalue weighted by Crippen LogP contribution is 2.32. The molecule has 2 aliphatic rings. The first-order valence-electron chi connectivity index (χ1n) is 14.6. The van der Waals surface area contributed by atoms with Gasteiger partial charge in [-0.2, -0.15) is 0 Å². The van der Waals surface area contributed by atoms with E-state index in [1.807, 2.05) is 55.9 Å². The SMILES string of the molecule is COc1cc(-c2cc(C(=O)N(C)C)n(C)c2)cc(C(C)NC(=O)c2cc(N3CCN(CC4CC4)CC3)ccc2C)c1. The highest BCUT2D eigenvalue weighted by molar-refractivity contribution is 5.97. The molecule has 1 saturated carbocycles. The molecule has 0 spiro atoms. The topological polar surface area (TPSA) is 70.0 Å². The number of ether oxygens (including phenoxy) is 1. The average Bonchev–Trinajstić information content (AvgIpc) is 3.70. The monoisotopic (exact) mass is 557 g/mol. The van der Waals surface area contributed by atoms with E-state index in [4.69, 9.17) is 4.74 Å². The van der Waals surface area contributed by atoms with Gasteiger partial charge in [0.1, 0.15) is 11.4 Å². The van der Waals surface area contributed by atoms with Gasteiger partial charge in [-0.05, 0) is 85.7 Å². The molecule has 1 aliphatic heterocycles. The Balaban J connectivity index is 1.31. The Morgan fingerprint density at radius 3 is 2.41 bits per heavy atom. The van der Waals surface area contributed by atoms with Crippen molar-refractivity contribution in [3.05, 3.63) is 71.0 Å². The van der Waals surface area contributed by atoms with E-state index in [1.165, 1.54) is 19.4 Å². The van der Waals surface area contributed by atoms with Gasteiger partial charge in [-0.25, -0.2) is 0 Å². The highest BCUT2D eigenvalue weighted by atomic mass is 16.5. The zero-order chi connectivity index (χ0) is 29.3. The standard InChI is InChI=1S/C33H43N5O3/c1-22-7-10-28(38-13-11-37(12-14-38)20-24-8-9-24)19-30(22)32(39)34-23(2)25-15-26(17-29(16-25)41-6)27-18-31(36(5)21-27)33(40)35(3)4/h7,10,15-19,21,23-24H,8-9,11-14,20H2,1-6H3,(H,34,39). The second-order valence-electron chi connectivity index (χ2n) is 11.8. The third-order valence-corrected chi connectivity index (χ3v) is 8.39. The molecular formula is C33H43N5O3. The lowest BCUT2D eigenvalue weighted by Gasteiger charge is -2.36. The largest absolute Gasteiger partial charge is 0.497 e. The number of hydrogen-bond acceptors (Lipinski definition) is 5. The number of piperazine rings is 1. The predicted molar refractivity (Wildman–Crippen MR) is 164 cm³/mol. The molecular weight excluding hydrogens is 514 g/mol. The number of carbonyl (C=O) groups is 2. The Bertz CT molecular complexity index is 1420. The van der Waals surface area contributed by atoms with Gasteiger partial charge in [-0.15, -0.1) is 0 Å². The molecule has 1 aliphatic carbocycles. The summed E-state index contributed by atoms with van der Waals surface area (Å²) in [5.41, 5.74) is 6.14. The Morgan fingerprint density at radius 1 is 1.02 bits per heavy atom. The first-order chi connectivity index (χ1) is 19.6. The molecule has 1 saturated heterocycles. The number of amides is 2. The molecule has 8 nitrogen and oxygen atoms in total. The Morgan fingerprint density at radius 2 is 1.76 bits per heavy atom. The summed E-state index contributed by atoms with van der Waals surface area (Å²) in [7, 11) is 7.00. The summed E-state index contributed by atoms with van der Waals surface area (Å²) in [6.45, 7) is 9.34. The van der Waals surface area contributed by atoms with Crippen molar-refractivity contribution in [2.45, 2.75) is 32.7 Å². The number of aromatic nitrogens is 1. The van der Waals surface area contributed by atoms with Crippen LogP contribution in [0.15, 0.2) is 48.7 Å². The number of rotatable bonds is 9. The molecule has 0 bridgehead atoms. The molecule has 41 heavy (non-hydrogen) atoms. The minimum atomic E-state index is -0.253. The summed E-state index contributed by atoms with van der Waals surface area (Å²) < 4.78 is 7.45. The van der Waals surface area contributed by atoms with Crippen LogP contribution in [0.1, 0.15) is 57.8 Å². The second kappa shape index (κ2) is 12.0. The molecule has 2 heterocycles. The summed E-state index contributed by atoms with van der Waals surface area (Å²) >= 11 is 0. The maximum absolute atomic E-state index is 13.5. The van der Waals surface area contributed by atoms with E-state index >= 15 is 0 Å². The highest BCUT2D eigenvalue weighted by Gasteiger charge is 2.27. The van der Waals surface area contributed by atoms with Crippen LogP contribution in [0, 0.1) is 12.8 Å². The third-order valence-electron chi connectivity index (χ3n) is 8.39. The summed E-state index contributed by atoms with van der Waals surface area (Å²) in [6, 6.07) is 13.8. The summed E-state index contributed by atoms with van der Waals surface area (Å²) in [5, 5.41) is 3.21. The number of nitrogens with one attached hydrogen (secondary N) is 1. The fourth-order valence-corrected chi connectivity index (χ4v) is 5.58. The summed E-state index contributed by atoms with van der Waals surface area (Å²) in [4.78, 5) is 32.7. The summed E-state index contributed by atoms with van der Waals surface area (Å²) in [6.07, 6.45) is 4.72. The molecule has 2 aromatic carbocycles. The normalized spacial score (nSPS) is 16.4. The van der Waals surface area contributed by atoms with Crippen LogP contribution < -0.4 is 15.0 Å². The van der Waals surface area contributed by atoms with Crippen molar-refractivity contribution in [2.75, 3.05) is 58.8 Å². The quantitative estimate of drug-likeness (QED) is 0.412. The van der Waals surface area contributed by atoms with Crippen molar-refractivity contribution in [3.8, 4) is 16.9 Å². The van der Waals surface area contributed by atoms with Crippen molar-refractivity contribution in [1.29, 1.82) is 0 Å². The van der Waals surface area contributed by atoms with Gasteiger partial charge >= 0.3 is 0 Å². The van der Waals surface area contributed by atoms with Gasteiger partial charge in [0.05, 0.1) is 13.2 Å². The molecule has 5 rings (SSSR count). The molecule has 1 aromatic heterocycles. The van der Waals surface area contributed by atoms with Crippen molar-refractivity contribution >= 4 is 17.5 Å². The number of benzene rings is 2. The maximum Gasteiger partial charge on any atom is 0.269 e. The van der Waals surface area contributed by atoms with Gasteiger partial charge in [0, 0.05) is 76.9 Å². The van der Waals surface area contributed by atoms with Crippen LogP contribution in [0.4, 0.5) is 5.69 Å². The van der Waals surface area contributed by atoms with E-state index in [-0.39, 0.29) is 17.9 Å². The van der Waals surface area contributed by atoms with E-state index < -0.39 is 0 Å². The molecule has 1 N–H and O–H groups in total. The molecule has 1 atom stereocenters. The second-order valence-corrected chi connectivity index (χ2v) is 11.8. The number of anilines is 1. The zero-order valence-corrected chi connectivity index (χ0v) is 25.2. The summed E-state index contributed by atoms with van der Waals surface area (Å²) in [5.74, 6) is 1.46. The van der Waals surface area contributed by atoms with E-state index in [1.54, 1.807) is 26.1 Å². The maximum atomic E-state index is 13.5. The van der Waals surface area contributed by atoms with Crippen LogP contribution in [0.5, 0.6) is 5.75 Å². The fourth-order valence-electron chi connectivity index (χ4n) is 5.58. The first-order valence-corrected chi connectivity index (χ1v) is 14.6. The lowest BCUT2D eigenvalue weighted by Crippen LogP contribution is -2.47. The van der Waals surface area contributed by atoms with E-state index in [0.717, 1.165) is 60.0 Å². The minimum Gasteiger partial charge on any atom is -0.497 e. The van der Waals surface area contributed by atoms with Crippen LogP contribution in [0.25, 0.3) is 11.1 Å². The number of methoxy groups -OCH3 is 1. The van der Waals surface area contributed by atoms with Crippen molar-refractivity contribution in [1.82, 2.24) is 19.7 Å². The van der Waals surface area contributed by atoms with Crippen LogP contribution in [0.3, 0.4) is 0 Å². The van der Waals surface area contributed by atoms with E-state index in [0.29, 0.717) is 17.0 Å². The van der Waals surface area contributed by atoms with Crippen LogP contribution in [-0.2, 0) is 7.05 Å². The smallest absolute Gasteiger partial charge is 0.269 e. The minimum absolute atomic E-state index is 0.0553. The van der Waals surface area contributed by atoms with Gasteiger partial charge in [0.2, 0.25) is 0 Å². The number of carbonyl (C=O) groups excluding carboxylic acids is 2. The lowest BCUT2D eigenvalue weighted by molar-refractivity contribution is 0.0818. The molecule has 2 amide bonds. The molecule has 218 valence electrons. The van der Waals surface area contributed by atoms with Crippen LogP contribution in [0.2, 0.25) is 0 Å². The van der Waals surface area contributed by atoms with E-state index in [9.17, 15) is 9.59 Å². The van der Waals surface area contributed by atoms with Crippen molar-refractivity contribution in [2.24, 2.45) is 13.0 Å². The molecule has 2 fully saturated rings. The van der Waals surface area contributed by atoms with Crippen LogP contribution >= 0.6 is 0 Å². The number of aryl methyl sites for hydroxylation is 2. The fraction of sp³-hybridized carbons (Fsp3) is 0.455. The molecule has 0 radical (unpaired) electrons. The third kappa shape index (κ3) is 6.59. The molecule has 1 unspecified atom stereocenters. The average molecular weight is 558 g/mol. The molecule has 3 aromatic rings. The zero-order valence-electron chi connectivity index (χ0n) is 25.2. The lowest BCUT2D eigenvalue weighted by atomic mass is 10.00. The Hall–Kier alpha value is -3.78. The predicted octanol–water partition coefficient (Wildman–Crippen LogP) is 4.73. The van der Waals surface area contributed by atoms with Gasteiger partial charge < -0.3 is 24.4 Å². The van der Waals surface area contributed by atoms with Gasteiger partial charge in [-0.1, -0.05) is 6.07 Å². The van der Waals surface area contributed by atoms with Gasteiger partial charge in [0.15, 0.2) is 0 Å². The van der Waals surface area contributed by atoms with Crippen molar-refractivity contribution in [3.63, 3.8) is 0 Å². The van der Waals surface area contributed by atoms with Crippen LogP contribution in [-0.4, -0.2) is 80.1 Å². The Labute approximate surface area is 243 Å². The van der Waals surface area contributed by atoms with Gasteiger partial charge in [-0.3, -0.25) is 14.5 Å². The molecule has 8 heteroatoms. The van der Waals surface area contributed by atoms with Crippen molar-refractivity contribution < 1.29 is 14.3 Å².